The molecule has 0 aliphatic carbocycles. The van der Waals surface area contributed by atoms with Gasteiger partial charge in [-0.1, -0.05) is 6.07 Å². The van der Waals surface area contributed by atoms with E-state index in [2.05, 4.69) is 15.4 Å². The van der Waals surface area contributed by atoms with Crippen LogP contribution in [0.4, 0.5) is 0 Å². The van der Waals surface area contributed by atoms with Crippen LogP contribution in [0.2, 0.25) is 0 Å². The van der Waals surface area contributed by atoms with E-state index >= 15 is 0 Å². The fraction of sp³-hybridized carbons (Fsp3) is 0.176. The first-order chi connectivity index (χ1) is 13.9. The van der Waals surface area contributed by atoms with Crippen LogP contribution in [0.3, 0.4) is 0 Å². The number of H-pyrrole nitrogens is 1. The van der Waals surface area contributed by atoms with E-state index in [1.807, 2.05) is 0 Å². The summed E-state index contributed by atoms with van der Waals surface area (Å²) in [4.78, 5) is 19.0. The lowest BCUT2D eigenvalue weighted by atomic mass is 10.0. The van der Waals surface area contributed by atoms with Gasteiger partial charge in [-0.05, 0) is 30.5 Å². The molecule has 29 heavy (non-hydrogen) atoms. The molecule has 4 rings (SSSR count). The average Bonchev–Trinajstić information content (AvgIpc) is 3.35. The molecule has 0 atom stereocenters. The summed E-state index contributed by atoms with van der Waals surface area (Å²) in [5.74, 6) is 1.59. The van der Waals surface area contributed by atoms with Gasteiger partial charge in [0.05, 0.1) is 7.11 Å². The topological polar surface area (TPSA) is 136 Å². The number of phosphoric acid groups is 1. The Labute approximate surface area is 169 Å². The lowest BCUT2D eigenvalue weighted by molar-refractivity contribution is 0.171. The number of fused-ring (bicyclic) bond motifs is 1. The second-order valence-corrected chi connectivity index (χ2v) is 7.89. The highest BCUT2D eigenvalue weighted by Crippen LogP contribution is 2.46. The van der Waals surface area contributed by atoms with Crippen molar-refractivity contribution in [3.8, 4) is 45.5 Å². The molecule has 0 amide bonds. The molecule has 12 heteroatoms. The van der Waals surface area contributed by atoms with E-state index in [0.29, 0.717) is 44.7 Å². The van der Waals surface area contributed by atoms with Crippen LogP contribution in [0.15, 0.2) is 35.2 Å². The first-order valence-electron chi connectivity index (χ1n) is 8.22. The van der Waals surface area contributed by atoms with E-state index < -0.39 is 7.82 Å². The Morgan fingerprint density at radius 2 is 1.83 bits per heavy atom. The van der Waals surface area contributed by atoms with Crippen molar-refractivity contribution >= 4 is 19.6 Å². The summed E-state index contributed by atoms with van der Waals surface area (Å²) in [6.07, 6.45) is 1.78. The Kier molecular flexibility index (Phi) is 5.13. The molecular formula is C17H16N3O7PS. The van der Waals surface area contributed by atoms with E-state index in [-0.39, 0.29) is 12.5 Å². The van der Waals surface area contributed by atoms with Crippen LogP contribution in [0.25, 0.3) is 22.5 Å². The number of methoxy groups -OCH3 is 1. The highest BCUT2D eigenvalue weighted by molar-refractivity contribution is 7.98. The van der Waals surface area contributed by atoms with Gasteiger partial charge in [-0.3, -0.25) is 9.79 Å². The molecule has 1 aromatic heterocycles. The van der Waals surface area contributed by atoms with Crippen molar-refractivity contribution in [3.63, 3.8) is 0 Å². The fourth-order valence-electron chi connectivity index (χ4n) is 2.92. The molecule has 3 aromatic rings. The molecule has 1 aliphatic rings. The fourth-order valence-corrected chi connectivity index (χ4v) is 3.90. The molecule has 10 nitrogen and oxygen atoms in total. The first kappa shape index (κ1) is 19.6. The number of thioether (sulfide) groups is 1. The Morgan fingerprint density at radius 3 is 2.52 bits per heavy atom. The minimum atomic E-state index is -4.72. The maximum atomic E-state index is 11.3. The van der Waals surface area contributed by atoms with E-state index in [1.165, 1.54) is 24.9 Å². The number of rotatable bonds is 6. The van der Waals surface area contributed by atoms with E-state index in [9.17, 15) is 14.4 Å². The molecule has 0 bridgehead atoms. The predicted octanol–water partition coefficient (Wildman–Crippen LogP) is 3.07. The van der Waals surface area contributed by atoms with Crippen molar-refractivity contribution in [1.82, 2.24) is 15.4 Å². The molecule has 2 aromatic carbocycles. The molecule has 0 saturated carbocycles. The number of phosphoric ester groups is 1. The summed E-state index contributed by atoms with van der Waals surface area (Å²) in [5.41, 5.74) is 2.20. The number of aromatic amines is 1. The summed E-state index contributed by atoms with van der Waals surface area (Å²) in [5, 5.41) is 11.0. The molecule has 0 fully saturated rings. The van der Waals surface area contributed by atoms with Gasteiger partial charge in [0.1, 0.15) is 17.1 Å². The lowest BCUT2D eigenvalue weighted by Gasteiger charge is -2.12. The van der Waals surface area contributed by atoms with Crippen LogP contribution in [0, 0.1) is 0 Å². The molecule has 1 aliphatic heterocycles. The highest BCUT2D eigenvalue weighted by Gasteiger charge is 2.24. The summed E-state index contributed by atoms with van der Waals surface area (Å²) >= 11 is 1.30. The van der Waals surface area contributed by atoms with Crippen LogP contribution in [0.5, 0.6) is 23.0 Å². The first-order valence-corrected chi connectivity index (χ1v) is 11.0. The number of hydrogen-bond acceptors (Lipinski definition) is 8. The molecule has 0 radical (unpaired) electrons. The maximum Gasteiger partial charge on any atom is 0.524 e. The molecule has 152 valence electrons. The van der Waals surface area contributed by atoms with Crippen molar-refractivity contribution in [3.05, 3.63) is 30.3 Å². The zero-order valence-electron chi connectivity index (χ0n) is 15.3. The lowest BCUT2D eigenvalue weighted by Crippen LogP contribution is -1.94. The van der Waals surface area contributed by atoms with E-state index in [0.717, 1.165) is 0 Å². The Bertz CT molecular complexity index is 1110. The number of nitrogens with zero attached hydrogens (tertiary/aromatic N) is 2. The van der Waals surface area contributed by atoms with Crippen LogP contribution in [-0.4, -0.2) is 45.4 Å². The van der Waals surface area contributed by atoms with Gasteiger partial charge in [0, 0.05) is 16.0 Å². The third kappa shape index (κ3) is 3.90. The second kappa shape index (κ2) is 7.60. The van der Waals surface area contributed by atoms with Crippen LogP contribution in [-0.2, 0) is 4.57 Å². The molecular weight excluding hydrogens is 421 g/mol. The summed E-state index contributed by atoms with van der Waals surface area (Å²) in [7, 11) is -3.19. The third-order valence-corrected chi connectivity index (χ3v) is 5.35. The van der Waals surface area contributed by atoms with Gasteiger partial charge in [0.2, 0.25) is 12.5 Å². The smallest absolute Gasteiger partial charge is 0.493 e. The summed E-state index contributed by atoms with van der Waals surface area (Å²) in [6, 6.07) is 8.48. The predicted molar refractivity (Wildman–Crippen MR) is 104 cm³/mol. The summed E-state index contributed by atoms with van der Waals surface area (Å²) in [6.45, 7) is 0.0973. The Hall–Kier alpha value is -2.72. The summed E-state index contributed by atoms with van der Waals surface area (Å²) < 4.78 is 32.4. The number of nitrogens with one attached hydrogen (secondary N) is 1. The van der Waals surface area contributed by atoms with Gasteiger partial charge < -0.3 is 18.7 Å². The monoisotopic (exact) mass is 437 g/mol. The second-order valence-electron chi connectivity index (χ2n) is 5.88. The van der Waals surface area contributed by atoms with Crippen molar-refractivity contribution in [2.24, 2.45) is 0 Å². The van der Waals surface area contributed by atoms with E-state index in [4.69, 9.17) is 18.7 Å². The average molecular weight is 437 g/mol. The number of ether oxygens (including phenoxy) is 3. The molecule has 0 saturated heterocycles. The quantitative estimate of drug-likeness (QED) is 0.390. The standard InChI is InChI=1S/C17H16N3O7PS/c1-24-12-6-10(7-13-17(12)26-8-25-13)16-15(18-20-19-16)9-3-4-14(29-2)11(5-9)27-28(21,22)23/h3-7H,8H2,1-2H3,(H,18,19,20)(H2,21,22,23). The van der Waals surface area contributed by atoms with Crippen LogP contribution >= 0.6 is 19.6 Å². The maximum absolute atomic E-state index is 11.3. The molecule has 2 heterocycles. The van der Waals surface area contributed by atoms with Gasteiger partial charge in [0.15, 0.2) is 11.5 Å². The number of hydrogen-bond donors (Lipinski definition) is 3. The Balaban J connectivity index is 1.80. The van der Waals surface area contributed by atoms with Crippen molar-refractivity contribution < 1.29 is 33.1 Å². The van der Waals surface area contributed by atoms with Gasteiger partial charge in [-0.2, -0.15) is 15.4 Å². The number of aromatic nitrogens is 3. The normalized spacial score (nSPS) is 12.8. The molecule has 0 unspecified atom stereocenters. The van der Waals surface area contributed by atoms with Crippen LogP contribution in [0.1, 0.15) is 0 Å². The van der Waals surface area contributed by atoms with Crippen molar-refractivity contribution in [1.29, 1.82) is 0 Å². The Morgan fingerprint density at radius 1 is 1.10 bits per heavy atom. The van der Waals surface area contributed by atoms with Gasteiger partial charge in [-0.25, -0.2) is 4.57 Å². The SMILES string of the molecule is COc1cc(-c2n[nH]nc2-c2ccc(SC)c(OP(=O)(O)O)c2)cc2c1OCO2. The minimum Gasteiger partial charge on any atom is -0.493 e. The van der Waals surface area contributed by atoms with Crippen molar-refractivity contribution in [2.45, 2.75) is 4.90 Å². The minimum absolute atomic E-state index is 0.0561. The van der Waals surface area contributed by atoms with E-state index in [1.54, 1.807) is 30.5 Å². The van der Waals surface area contributed by atoms with Gasteiger partial charge in [-0.15, -0.1) is 11.8 Å². The van der Waals surface area contributed by atoms with Gasteiger partial charge >= 0.3 is 7.82 Å². The molecule has 0 spiro atoms. The highest BCUT2D eigenvalue weighted by atomic mass is 32.2. The zero-order valence-corrected chi connectivity index (χ0v) is 17.0. The largest absolute Gasteiger partial charge is 0.524 e. The zero-order chi connectivity index (χ0) is 20.6. The number of benzene rings is 2. The van der Waals surface area contributed by atoms with Crippen LogP contribution < -0.4 is 18.7 Å². The van der Waals surface area contributed by atoms with Gasteiger partial charge in [0.25, 0.3) is 0 Å². The third-order valence-electron chi connectivity index (χ3n) is 4.13. The molecule has 3 N–H and O–H groups in total. The van der Waals surface area contributed by atoms with Crippen molar-refractivity contribution in [2.75, 3.05) is 20.2 Å².